The van der Waals surface area contributed by atoms with Crippen molar-refractivity contribution in [3.05, 3.63) is 0 Å². The van der Waals surface area contributed by atoms with Gasteiger partial charge in [0.25, 0.3) is 0 Å². The molecule has 6 heteroatoms. The van der Waals surface area contributed by atoms with Gasteiger partial charge in [-0.3, -0.25) is 0 Å². The topological polar surface area (TPSA) is 76.7 Å². The van der Waals surface area contributed by atoms with E-state index in [0.717, 1.165) is 0 Å². The summed E-state index contributed by atoms with van der Waals surface area (Å²) in [5.74, 6) is 0.123. The second-order valence-electron chi connectivity index (χ2n) is 7.85. The number of hydrogen-bond acceptors (Lipinski definition) is 4. The molecule has 0 aromatic heterocycles. The molecule has 0 fully saturated rings. The lowest BCUT2D eigenvalue weighted by atomic mass is 9.98. The Balaban J connectivity index is 4.68. The highest BCUT2D eigenvalue weighted by atomic mass is 16.6. The quantitative estimate of drug-likeness (QED) is 0.833. The predicted octanol–water partition coefficient (Wildman–Crippen LogP) is 3.45. The fourth-order valence-corrected chi connectivity index (χ4v) is 1.90. The van der Waals surface area contributed by atoms with Crippen LogP contribution < -0.4 is 10.6 Å². The van der Waals surface area contributed by atoms with E-state index < -0.39 is 23.4 Å². The monoisotopic (exact) mass is 316 g/mol. The maximum Gasteiger partial charge on any atom is 0.407 e. The molecule has 0 radical (unpaired) electrons. The molecular formula is C16H32N2O4. The number of nitrogens with one attached hydrogen (secondary N) is 2. The molecule has 22 heavy (non-hydrogen) atoms. The molecule has 0 bridgehead atoms. The Morgan fingerprint density at radius 1 is 0.773 bits per heavy atom. The molecule has 6 nitrogen and oxygen atoms in total. The van der Waals surface area contributed by atoms with E-state index in [4.69, 9.17) is 9.47 Å². The van der Waals surface area contributed by atoms with Crippen molar-refractivity contribution in [2.24, 2.45) is 5.92 Å². The van der Waals surface area contributed by atoms with E-state index in [1.54, 1.807) is 41.5 Å². The van der Waals surface area contributed by atoms with E-state index in [1.165, 1.54) is 0 Å². The van der Waals surface area contributed by atoms with E-state index in [-0.39, 0.29) is 18.0 Å². The highest BCUT2D eigenvalue weighted by Crippen LogP contribution is 2.12. The van der Waals surface area contributed by atoms with Crippen molar-refractivity contribution in [1.82, 2.24) is 10.6 Å². The Hall–Kier alpha value is -1.46. The number of carbonyl (C=O) groups is 2. The van der Waals surface area contributed by atoms with Crippen molar-refractivity contribution in [2.45, 2.75) is 85.6 Å². The van der Waals surface area contributed by atoms with Crippen LogP contribution in [0.25, 0.3) is 0 Å². The fraction of sp³-hybridized carbons (Fsp3) is 0.875. The number of carbonyl (C=O) groups excluding carboxylic acids is 2. The Morgan fingerprint density at radius 2 is 1.14 bits per heavy atom. The third-order valence-corrected chi connectivity index (χ3v) is 2.68. The van der Waals surface area contributed by atoms with Gasteiger partial charge in [-0.25, -0.2) is 9.59 Å². The van der Waals surface area contributed by atoms with Crippen LogP contribution in [0, 0.1) is 5.92 Å². The molecule has 0 aromatic rings. The van der Waals surface area contributed by atoms with Crippen molar-refractivity contribution in [3.63, 3.8) is 0 Å². The first-order valence-electron chi connectivity index (χ1n) is 7.70. The molecule has 0 saturated carbocycles. The largest absolute Gasteiger partial charge is 0.444 e. The van der Waals surface area contributed by atoms with Crippen LogP contribution in [0.3, 0.4) is 0 Å². The minimum absolute atomic E-state index is 0.123. The first-order valence-corrected chi connectivity index (χ1v) is 7.70. The van der Waals surface area contributed by atoms with Crippen LogP contribution in [-0.4, -0.2) is 35.5 Å². The second-order valence-corrected chi connectivity index (χ2v) is 7.85. The summed E-state index contributed by atoms with van der Waals surface area (Å²) in [6.07, 6.45) is -0.999. The van der Waals surface area contributed by atoms with Gasteiger partial charge in [-0.15, -0.1) is 0 Å². The van der Waals surface area contributed by atoms with E-state index in [0.29, 0.717) is 0 Å². The van der Waals surface area contributed by atoms with Gasteiger partial charge in [0, 0.05) is 6.04 Å². The molecule has 2 atom stereocenters. The number of ether oxygens (including phenoxy) is 2. The van der Waals surface area contributed by atoms with E-state index in [1.807, 2.05) is 20.8 Å². The fourth-order valence-electron chi connectivity index (χ4n) is 1.90. The van der Waals surface area contributed by atoms with Crippen LogP contribution in [0.15, 0.2) is 0 Å². The molecule has 0 aliphatic carbocycles. The number of alkyl carbamates (subject to hydrolysis) is 2. The Bertz CT molecular complexity index is 381. The lowest BCUT2D eigenvalue weighted by Gasteiger charge is -2.31. The molecule has 0 spiro atoms. The van der Waals surface area contributed by atoms with Gasteiger partial charge in [0.2, 0.25) is 0 Å². The summed E-state index contributed by atoms with van der Waals surface area (Å²) in [5.41, 5.74) is -1.12. The van der Waals surface area contributed by atoms with Crippen LogP contribution in [0.5, 0.6) is 0 Å². The summed E-state index contributed by atoms with van der Waals surface area (Å²) < 4.78 is 10.5. The summed E-state index contributed by atoms with van der Waals surface area (Å²) in [5, 5.41) is 5.56. The third-order valence-electron chi connectivity index (χ3n) is 2.68. The van der Waals surface area contributed by atoms with Gasteiger partial charge in [-0.2, -0.15) is 0 Å². The third kappa shape index (κ3) is 9.47. The van der Waals surface area contributed by atoms with Crippen molar-refractivity contribution in [2.75, 3.05) is 0 Å². The molecule has 0 unspecified atom stereocenters. The Kier molecular flexibility index (Phi) is 7.19. The number of rotatable bonds is 4. The summed E-state index contributed by atoms with van der Waals surface area (Å²) in [6.45, 7) is 16.6. The number of hydrogen-bond donors (Lipinski definition) is 2. The standard InChI is InChI=1S/C16H32N2O4/c1-10(2)12(18-14(20)22-16(7,8)9)11(3)17-13(19)21-15(4,5)6/h10-12H,1-9H3,(H,17,19)(H,18,20)/t11-,12+/m0/s1. The lowest BCUT2D eigenvalue weighted by molar-refractivity contribution is 0.0416. The van der Waals surface area contributed by atoms with Crippen LogP contribution in [0.1, 0.15) is 62.3 Å². The van der Waals surface area contributed by atoms with Gasteiger partial charge in [-0.05, 0) is 54.4 Å². The van der Waals surface area contributed by atoms with E-state index in [2.05, 4.69) is 10.6 Å². The predicted molar refractivity (Wildman–Crippen MR) is 86.8 cm³/mol. The van der Waals surface area contributed by atoms with Gasteiger partial charge in [-0.1, -0.05) is 13.8 Å². The SMILES string of the molecule is CC(C)[C@@H](NC(=O)OC(C)(C)C)[C@H](C)NC(=O)OC(C)(C)C. The molecule has 0 aliphatic rings. The Labute approximate surface area is 134 Å². The average Bonchev–Trinajstić information content (AvgIpc) is 2.19. The van der Waals surface area contributed by atoms with Gasteiger partial charge in [0.15, 0.2) is 0 Å². The zero-order chi connectivity index (χ0) is 17.7. The van der Waals surface area contributed by atoms with E-state index in [9.17, 15) is 9.59 Å². The van der Waals surface area contributed by atoms with Crippen LogP contribution >= 0.6 is 0 Å². The Morgan fingerprint density at radius 3 is 1.45 bits per heavy atom. The van der Waals surface area contributed by atoms with Gasteiger partial charge < -0.3 is 20.1 Å². The second kappa shape index (κ2) is 7.70. The first-order chi connectivity index (χ1) is 9.71. The highest BCUT2D eigenvalue weighted by molar-refractivity contribution is 5.70. The lowest BCUT2D eigenvalue weighted by Crippen LogP contribution is -2.54. The summed E-state index contributed by atoms with van der Waals surface area (Å²) in [7, 11) is 0. The zero-order valence-electron chi connectivity index (χ0n) is 15.4. The molecule has 0 heterocycles. The molecule has 0 saturated heterocycles. The molecule has 2 N–H and O–H groups in total. The molecule has 0 rings (SSSR count). The smallest absolute Gasteiger partial charge is 0.407 e. The van der Waals surface area contributed by atoms with Crippen LogP contribution in [0.2, 0.25) is 0 Å². The summed E-state index contributed by atoms with van der Waals surface area (Å²) >= 11 is 0. The molecule has 0 aromatic carbocycles. The van der Waals surface area contributed by atoms with Gasteiger partial charge in [0.05, 0.1) is 6.04 Å². The van der Waals surface area contributed by atoms with E-state index >= 15 is 0 Å². The van der Waals surface area contributed by atoms with Crippen molar-refractivity contribution in [1.29, 1.82) is 0 Å². The van der Waals surface area contributed by atoms with Crippen molar-refractivity contribution < 1.29 is 19.1 Å². The summed E-state index contributed by atoms with van der Waals surface area (Å²) in [6, 6.07) is -0.551. The molecule has 0 aliphatic heterocycles. The normalized spacial score (nSPS) is 15.0. The summed E-state index contributed by atoms with van der Waals surface area (Å²) in [4.78, 5) is 23.7. The van der Waals surface area contributed by atoms with Gasteiger partial charge >= 0.3 is 12.2 Å². The maximum atomic E-state index is 11.9. The van der Waals surface area contributed by atoms with Crippen LogP contribution in [-0.2, 0) is 9.47 Å². The number of amides is 2. The van der Waals surface area contributed by atoms with Crippen LogP contribution in [0.4, 0.5) is 9.59 Å². The minimum atomic E-state index is -0.562. The first kappa shape index (κ1) is 20.5. The zero-order valence-corrected chi connectivity index (χ0v) is 15.4. The maximum absolute atomic E-state index is 11.9. The van der Waals surface area contributed by atoms with Crippen molar-refractivity contribution >= 4 is 12.2 Å². The molecular weight excluding hydrogens is 284 g/mol. The van der Waals surface area contributed by atoms with Crippen molar-refractivity contribution in [3.8, 4) is 0 Å². The highest BCUT2D eigenvalue weighted by Gasteiger charge is 2.28. The average molecular weight is 316 g/mol. The van der Waals surface area contributed by atoms with Gasteiger partial charge in [0.1, 0.15) is 11.2 Å². The minimum Gasteiger partial charge on any atom is -0.444 e. The molecule has 130 valence electrons. The molecule has 2 amide bonds.